The molecular formula is C15H12N4OS. The number of aromatic nitrogens is 3. The van der Waals surface area contributed by atoms with Crippen LogP contribution in [0.1, 0.15) is 5.56 Å². The molecule has 3 aromatic rings. The summed E-state index contributed by atoms with van der Waals surface area (Å²) in [7, 11) is 0. The molecule has 21 heavy (non-hydrogen) atoms. The first-order chi connectivity index (χ1) is 10.4. The van der Waals surface area contributed by atoms with Crippen LogP contribution in [0.4, 0.5) is 0 Å². The molecule has 0 aliphatic heterocycles. The molecule has 2 aromatic heterocycles. The van der Waals surface area contributed by atoms with Crippen molar-refractivity contribution >= 4 is 17.4 Å². The van der Waals surface area contributed by atoms with Gasteiger partial charge in [0.1, 0.15) is 5.75 Å². The predicted octanol–water partition coefficient (Wildman–Crippen LogP) is 2.77. The Morgan fingerprint density at radius 1 is 1.14 bits per heavy atom. The fourth-order valence-electron chi connectivity index (χ4n) is 1.84. The summed E-state index contributed by atoms with van der Waals surface area (Å²) in [4.78, 5) is 0. The van der Waals surface area contributed by atoms with Gasteiger partial charge in [0, 0.05) is 11.9 Å². The lowest BCUT2D eigenvalue weighted by atomic mass is 10.2. The molecule has 0 N–H and O–H groups in total. The minimum absolute atomic E-state index is 0.568. The number of rotatable bonds is 5. The van der Waals surface area contributed by atoms with E-state index in [1.807, 2.05) is 28.8 Å². The monoisotopic (exact) mass is 296 g/mol. The van der Waals surface area contributed by atoms with Gasteiger partial charge in [-0.15, -0.1) is 10.2 Å². The molecule has 0 bridgehead atoms. The van der Waals surface area contributed by atoms with E-state index in [4.69, 9.17) is 10.00 Å². The van der Waals surface area contributed by atoms with Crippen molar-refractivity contribution in [3.05, 3.63) is 54.2 Å². The highest BCUT2D eigenvalue weighted by Gasteiger charge is 2.04. The molecule has 0 amide bonds. The Hall–Kier alpha value is -2.52. The maximum Gasteiger partial charge on any atom is 0.195 e. The van der Waals surface area contributed by atoms with E-state index in [0.29, 0.717) is 12.2 Å². The molecule has 3 rings (SSSR count). The van der Waals surface area contributed by atoms with Crippen LogP contribution in [0.15, 0.2) is 53.8 Å². The van der Waals surface area contributed by atoms with Crippen LogP contribution >= 0.6 is 11.8 Å². The van der Waals surface area contributed by atoms with Crippen molar-refractivity contribution < 1.29 is 4.74 Å². The van der Waals surface area contributed by atoms with Crippen LogP contribution in [-0.2, 0) is 0 Å². The topological polar surface area (TPSA) is 63.2 Å². The second kappa shape index (κ2) is 6.29. The smallest absolute Gasteiger partial charge is 0.195 e. The Bertz CT molecular complexity index is 776. The molecule has 0 atom stereocenters. The highest BCUT2D eigenvalue weighted by atomic mass is 32.2. The van der Waals surface area contributed by atoms with Gasteiger partial charge in [0.2, 0.25) is 0 Å². The fraction of sp³-hybridized carbons (Fsp3) is 0.133. The van der Waals surface area contributed by atoms with E-state index < -0.39 is 0 Å². The fourth-order valence-corrected chi connectivity index (χ4v) is 2.58. The van der Waals surface area contributed by atoms with Gasteiger partial charge in [-0.3, -0.25) is 4.40 Å². The minimum Gasteiger partial charge on any atom is -0.493 e. The second-order valence-corrected chi connectivity index (χ2v) is 5.31. The normalized spacial score (nSPS) is 10.4. The first kappa shape index (κ1) is 13.5. The number of ether oxygens (including phenoxy) is 1. The number of thioether (sulfide) groups is 1. The molecule has 2 heterocycles. The number of hydrogen-bond donors (Lipinski definition) is 0. The summed E-state index contributed by atoms with van der Waals surface area (Å²) in [6.07, 6.45) is 1.94. The summed E-state index contributed by atoms with van der Waals surface area (Å²) >= 11 is 1.60. The first-order valence-electron chi connectivity index (χ1n) is 6.42. The Morgan fingerprint density at radius 2 is 2.00 bits per heavy atom. The van der Waals surface area contributed by atoms with Crippen molar-refractivity contribution in [1.82, 2.24) is 14.6 Å². The molecule has 6 heteroatoms. The summed E-state index contributed by atoms with van der Waals surface area (Å²) in [6, 6.07) is 15.0. The number of nitrogens with zero attached hydrogens (tertiary/aromatic N) is 4. The van der Waals surface area contributed by atoms with E-state index in [1.54, 1.807) is 36.0 Å². The van der Waals surface area contributed by atoms with Gasteiger partial charge in [-0.25, -0.2) is 0 Å². The van der Waals surface area contributed by atoms with E-state index in [9.17, 15) is 0 Å². The number of hydrogen-bond acceptors (Lipinski definition) is 5. The Morgan fingerprint density at radius 3 is 2.81 bits per heavy atom. The van der Waals surface area contributed by atoms with Gasteiger partial charge >= 0.3 is 0 Å². The Balaban J connectivity index is 1.53. The lowest BCUT2D eigenvalue weighted by Crippen LogP contribution is -2.01. The Kier molecular flexibility index (Phi) is 4.03. The molecule has 0 fully saturated rings. The van der Waals surface area contributed by atoms with Gasteiger partial charge < -0.3 is 4.74 Å². The summed E-state index contributed by atoms with van der Waals surface area (Å²) in [5.74, 6) is 1.54. The summed E-state index contributed by atoms with van der Waals surface area (Å²) in [6.45, 7) is 0.568. The summed E-state index contributed by atoms with van der Waals surface area (Å²) in [5, 5.41) is 17.8. The molecule has 0 aliphatic carbocycles. The molecule has 104 valence electrons. The maximum atomic E-state index is 8.73. The molecule has 0 saturated heterocycles. The molecule has 0 spiro atoms. The molecule has 1 aromatic carbocycles. The zero-order valence-corrected chi connectivity index (χ0v) is 12.0. The van der Waals surface area contributed by atoms with Crippen LogP contribution < -0.4 is 4.74 Å². The van der Waals surface area contributed by atoms with Gasteiger partial charge in [-0.1, -0.05) is 17.8 Å². The average molecular weight is 296 g/mol. The van der Waals surface area contributed by atoms with Gasteiger partial charge in [0.25, 0.3) is 0 Å². The molecule has 0 radical (unpaired) electrons. The minimum atomic E-state index is 0.568. The van der Waals surface area contributed by atoms with Gasteiger partial charge in [0.15, 0.2) is 10.8 Å². The third kappa shape index (κ3) is 3.15. The summed E-state index contributed by atoms with van der Waals surface area (Å²) in [5.41, 5.74) is 1.47. The third-order valence-corrected chi connectivity index (χ3v) is 3.76. The van der Waals surface area contributed by atoms with E-state index in [2.05, 4.69) is 16.3 Å². The predicted molar refractivity (Wildman–Crippen MR) is 80.4 cm³/mol. The van der Waals surface area contributed by atoms with Crippen molar-refractivity contribution in [2.24, 2.45) is 0 Å². The zero-order chi connectivity index (χ0) is 14.5. The van der Waals surface area contributed by atoms with Gasteiger partial charge in [0.05, 0.1) is 18.2 Å². The molecule has 0 unspecified atom stereocenters. The maximum absolute atomic E-state index is 8.73. The lowest BCUT2D eigenvalue weighted by molar-refractivity contribution is 0.344. The second-order valence-electron chi connectivity index (χ2n) is 4.24. The molecule has 0 aliphatic rings. The van der Waals surface area contributed by atoms with Crippen LogP contribution in [0, 0.1) is 11.3 Å². The molecular weight excluding hydrogens is 284 g/mol. The largest absolute Gasteiger partial charge is 0.493 e. The number of pyridine rings is 1. The van der Waals surface area contributed by atoms with Gasteiger partial charge in [-0.2, -0.15) is 5.26 Å². The van der Waals surface area contributed by atoms with E-state index >= 15 is 0 Å². The molecule has 0 saturated carbocycles. The van der Waals surface area contributed by atoms with Crippen LogP contribution in [0.25, 0.3) is 5.65 Å². The van der Waals surface area contributed by atoms with Crippen LogP contribution in [0.5, 0.6) is 5.75 Å². The van der Waals surface area contributed by atoms with Crippen molar-refractivity contribution in [1.29, 1.82) is 5.26 Å². The zero-order valence-electron chi connectivity index (χ0n) is 11.1. The number of fused-ring (bicyclic) bond motifs is 1. The Labute approximate surface area is 126 Å². The summed E-state index contributed by atoms with van der Waals surface area (Å²) < 4.78 is 7.58. The standard InChI is InChI=1S/C15H12N4OS/c16-11-12-4-6-13(7-5-12)20-9-10-21-15-18-17-14-3-1-2-8-19(14)15/h1-8H,9-10H2. The first-order valence-corrected chi connectivity index (χ1v) is 7.41. The van der Waals surface area contributed by atoms with Crippen LogP contribution in [0.2, 0.25) is 0 Å². The number of benzene rings is 1. The highest BCUT2D eigenvalue weighted by molar-refractivity contribution is 7.99. The lowest BCUT2D eigenvalue weighted by Gasteiger charge is -2.05. The van der Waals surface area contributed by atoms with Crippen molar-refractivity contribution in [3.63, 3.8) is 0 Å². The van der Waals surface area contributed by atoms with Crippen molar-refractivity contribution in [3.8, 4) is 11.8 Å². The van der Waals surface area contributed by atoms with Crippen molar-refractivity contribution in [2.75, 3.05) is 12.4 Å². The number of nitriles is 1. The highest BCUT2D eigenvalue weighted by Crippen LogP contribution is 2.17. The quantitative estimate of drug-likeness (QED) is 0.535. The van der Waals surface area contributed by atoms with Crippen molar-refractivity contribution in [2.45, 2.75) is 5.16 Å². The third-order valence-electron chi connectivity index (χ3n) is 2.85. The SMILES string of the molecule is N#Cc1ccc(OCCSc2nnc3ccccn23)cc1. The van der Waals surface area contributed by atoms with E-state index in [1.165, 1.54) is 0 Å². The van der Waals surface area contributed by atoms with Crippen LogP contribution in [0.3, 0.4) is 0 Å². The van der Waals surface area contributed by atoms with Gasteiger partial charge in [-0.05, 0) is 36.4 Å². The van der Waals surface area contributed by atoms with E-state index in [0.717, 1.165) is 22.3 Å². The molecule has 5 nitrogen and oxygen atoms in total. The van der Waals surface area contributed by atoms with Crippen LogP contribution in [-0.4, -0.2) is 27.0 Å². The van der Waals surface area contributed by atoms with E-state index in [-0.39, 0.29) is 0 Å². The average Bonchev–Trinajstić information content (AvgIpc) is 2.95.